The van der Waals surface area contributed by atoms with Crippen molar-refractivity contribution in [1.82, 2.24) is 40.3 Å². The molecule has 6 heterocycles. The summed E-state index contributed by atoms with van der Waals surface area (Å²) in [5, 5.41) is 16.4. The fourth-order valence-electron chi connectivity index (χ4n) is 3.62. The van der Waals surface area contributed by atoms with E-state index in [0.717, 1.165) is 55.6 Å². The molecule has 0 aliphatic rings. The summed E-state index contributed by atoms with van der Waals surface area (Å²) in [4.78, 5) is 16.5. The Bertz CT molecular complexity index is 1440. The van der Waals surface area contributed by atoms with E-state index in [4.69, 9.17) is 0 Å². The minimum Gasteiger partial charge on any atom is -0.352 e. The maximum atomic E-state index is 4.51. The van der Waals surface area contributed by atoms with Crippen molar-refractivity contribution in [3.05, 3.63) is 67.6 Å². The maximum absolute atomic E-state index is 4.51. The van der Waals surface area contributed by atoms with Gasteiger partial charge in [-0.25, -0.2) is 4.98 Å². The minimum absolute atomic E-state index is 0.735. The van der Waals surface area contributed by atoms with Crippen molar-refractivity contribution >= 4 is 21.9 Å². The molecule has 0 spiro atoms. The maximum Gasteiger partial charge on any atom is 0.155 e. The minimum atomic E-state index is 0.735. The summed E-state index contributed by atoms with van der Waals surface area (Å²) in [5.74, 6) is 0. The third-order valence-corrected chi connectivity index (χ3v) is 5.04. The summed E-state index contributed by atoms with van der Waals surface area (Å²) in [6, 6.07) is 8.13. The second-order valence-corrected chi connectivity index (χ2v) is 6.75. The highest BCUT2D eigenvalue weighted by Gasteiger charge is 2.15. The van der Waals surface area contributed by atoms with Gasteiger partial charge in [0.1, 0.15) is 5.69 Å². The molecule has 0 saturated heterocycles. The molecule has 3 N–H and O–H groups in total. The van der Waals surface area contributed by atoms with Crippen molar-refractivity contribution in [3.63, 3.8) is 0 Å². The lowest BCUT2D eigenvalue weighted by Crippen LogP contribution is -1.82. The first kappa shape index (κ1) is 15.7. The first-order chi connectivity index (χ1) is 14.4. The van der Waals surface area contributed by atoms with Crippen LogP contribution < -0.4 is 0 Å². The molecule has 0 aliphatic carbocycles. The van der Waals surface area contributed by atoms with Crippen LogP contribution in [0.2, 0.25) is 0 Å². The second kappa shape index (κ2) is 6.10. The first-order valence-corrected chi connectivity index (χ1v) is 9.07. The Kier molecular flexibility index (Phi) is 3.30. The summed E-state index contributed by atoms with van der Waals surface area (Å²) in [5.41, 5.74) is 7.47. The molecular weight excluding hydrogens is 364 g/mol. The Morgan fingerprint density at radius 2 is 1.72 bits per heavy atom. The molecule has 0 fully saturated rings. The molecule has 0 unspecified atom stereocenters. The first-order valence-electron chi connectivity index (χ1n) is 9.07. The average Bonchev–Trinajstić information content (AvgIpc) is 3.52. The fourth-order valence-corrected chi connectivity index (χ4v) is 3.62. The van der Waals surface area contributed by atoms with Gasteiger partial charge in [0.25, 0.3) is 0 Å². The van der Waals surface area contributed by atoms with Crippen LogP contribution in [0, 0.1) is 0 Å². The second-order valence-electron chi connectivity index (χ2n) is 6.75. The molecule has 0 saturated carbocycles. The zero-order valence-electron chi connectivity index (χ0n) is 15.1. The van der Waals surface area contributed by atoms with Gasteiger partial charge in [0.2, 0.25) is 0 Å². The van der Waals surface area contributed by atoms with Crippen molar-refractivity contribution in [1.29, 1.82) is 0 Å². The lowest BCUT2D eigenvalue weighted by atomic mass is 10.1. The number of aromatic nitrogens is 8. The predicted octanol–water partition coefficient (Wildman–Crippen LogP) is 3.95. The molecule has 29 heavy (non-hydrogen) atoms. The Morgan fingerprint density at radius 3 is 2.59 bits per heavy atom. The topological polar surface area (TPSA) is 112 Å². The third-order valence-electron chi connectivity index (χ3n) is 5.04. The quantitative estimate of drug-likeness (QED) is 0.432. The van der Waals surface area contributed by atoms with E-state index in [-0.39, 0.29) is 0 Å². The van der Waals surface area contributed by atoms with Crippen molar-refractivity contribution in [3.8, 4) is 33.6 Å². The fraction of sp³-hybridized carbons (Fsp3) is 0. The van der Waals surface area contributed by atoms with Crippen LogP contribution in [-0.2, 0) is 0 Å². The van der Waals surface area contributed by atoms with Crippen LogP contribution in [-0.4, -0.2) is 40.3 Å². The zero-order valence-corrected chi connectivity index (χ0v) is 15.1. The molecule has 6 aromatic heterocycles. The van der Waals surface area contributed by atoms with E-state index in [1.54, 1.807) is 18.6 Å². The molecule has 0 aliphatic heterocycles. The van der Waals surface area contributed by atoms with Gasteiger partial charge in [0.05, 0.1) is 23.6 Å². The summed E-state index contributed by atoms with van der Waals surface area (Å²) in [6.07, 6.45) is 12.7. The van der Waals surface area contributed by atoms with E-state index >= 15 is 0 Å². The number of H-pyrrole nitrogens is 3. The average molecular weight is 378 g/mol. The van der Waals surface area contributed by atoms with E-state index in [1.807, 2.05) is 36.9 Å². The van der Waals surface area contributed by atoms with Crippen molar-refractivity contribution in [2.45, 2.75) is 0 Å². The molecule has 6 aromatic rings. The molecule has 138 valence electrons. The highest BCUT2D eigenvalue weighted by Crippen LogP contribution is 2.33. The molecule has 0 radical (unpaired) electrons. The van der Waals surface area contributed by atoms with E-state index < -0.39 is 0 Å². The van der Waals surface area contributed by atoms with E-state index in [9.17, 15) is 0 Å². The number of pyridine rings is 3. The molecule has 0 bridgehead atoms. The SMILES string of the molecule is c1cc(-c2cncc3[nH]c(-c4n[nH]c5ncc(-c6cn[nH]c6)cc45)cc23)ccn1. The van der Waals surface area contributed by atoms with Gasteiger partial charge >= 0.3 is 0 Å². The molecule has 0 amide bonds. The van der Waals surface area contributed by atoms with Crippen LogP contribution in [0.1, 0.15) is 0 Å². The van der Waals surface area contributed by atoms with Gasteiger partial charge in [-0.2, -0.15) is 10.2 Å². The van der Waals surface area contributed by atoms with Crippen molar-refractivity contribution in [2.75, 3.05) is 0 Å². The number of rotatable bonds is 3. The molecule has 6 rings (SSSR count). The Labute approximate surface area is 164 Å². The van der Waals surface area contributed by atoms with Crippen LogP contribution in [0.4, 0.5) is 0 Å². The monoisotopic (exact) mass is 378 g/mol. The van der Waals surface area contributed by atoms with Crippen LogP contribution >= 0.6 is 0 Å². The van der Waals surface area contributed by atoms with Crippen molar-refractivity contribution in [2.24, 2.45) is 0 Å². The smallest absolute Gasteiger partial charge is 0.155 e. The predicted molar refractivity (Wildman–Crippen MR) is 110 cm³/mol. The lowest BCUT2D eigenvalue weighted by molar-refractivity contribution is 1.09. The van der Waals surface area contributed by atoms with Crippen LogP contribution in [0.3, 0.4) is 0 Å². The number of fused-ring (bicyclic) bond motifs is 2. The third kappa shape index (κ3) is 2.50. The number of nitrogens with one attached hydrogen (secondary N) is 3. The summed E-state index contributed by atoms with van der Waals surface area (Å²) in [7, 11) is 0. The number of hydrogen-bond donors (Lipinski definition) is 3. The summed E-state index contributed by atoms with van der Waals surface area (Å²) < 4.78 is 0. The summed E-state index contributed by atoms with van der Waals surface area (Å²) >= 11 is 0. The van der Waals surface area contributed by atoms with Gasteiger partial charge in [-0.3, -0.25) is 20.2 Å². The van der Waals surface area contributed by atoms with Gasteiger partial charge in [-0.15, -0.1) is 0 Å². The van der Waals surface area contributed by atoms with E-state index in [2.05, 4.69) is 52.5 Å². The van der Waals surface area contributed by atoms with Crippen LogP contribution in [0.25, 0.3) is 55.6 Å². The van der Waals surface area contributed by atoms with Crippen molar-refractivity contribution < 1.29 is 0 Å². The standard InChI is InChI=1S/C21H14N8/c1-3-22-4-2-12(1)17-10-23-11-19-15(17)6-18(27-19)20-16-5-13(14-8-25-26-9-14)7-24-21(16)29-28-20/h1-11,27H,(H,25,26)(H,24,28,29). The Hall–Kier alpha value is -4.33. The molecular formula is C21H14N8. The number of aromatic amines is 3. The van der Waals surface area contributed by atoms with Crippen LogP contribution in [0.5, 0.6) is 0 Å². The Balaban J connectivity index is 1.54. The normalized spacial score (nSPS) is 11.4. The summed E-state index contributed by atoms with van der Waals surface area (Å²) in [6.45, 7) is 0. The molecule has 8 heteroatoms. The molecule has 0 atom stereocenters. The lowest BCUT2D eigenvalue weighted by Gasteiger charge is -2.01. The van der Waals surface area contributed by atoms with Crippen LogP contribution in [0.15, 0.2) is 67.6 Å². The highest BCUT2D eigenvalue weighted by atomic mass is 15.2. The number of nitrogens with zero attached hydrogens (tertiary/aromatic N) is 5. The van der Waals surface area contributed by atoms with Gasteiger partial charge in [-0.1, -0.05) is 0 Å². The molecule has 8 nitrogen and oxygen atoms in total. The van der Waals surface area contributed by atoms with Gasteiger partial charge in [0, 0.05) is 58.4 Å². The van der Waals surface area contributed by atoms with Gasteiger partial charge in [-0.05, 0) is 29.8 Å². The van der Waals surface area contributed by atoms with Gasteiger partial charge < -0.3 is 4.98 Å². The van der Waals surface area contributed by atoms with E-state index in [1.165, 1.54) is 0 Å². The zero-order chi connectivity index (χ0) is 19.2. The highest BCUT2D eigenvalue weighted by molar-refractivity contribution is 6.00. The largest absolute Gasteiger partial charge is 0.352 e. The molecule has 0 aromatic carbocycles. The Morgan fingerprint density at radius 1 is 0.793 bits per heavy atom. The van der Waals surface area contributed by atoms with Gasteiger partial charge in [0.15, 0.2) is 5.65 Å². The van der Waals surface area contributed by atoms with E-state index in [0.29, 0.717) is 0 Å². The number of hydrogen-bond acceptors (Lipinski definition) is 5.